The number of pyridine rings is 1. The van der Waals surface area contributed by atoms with Gasteiger partial charge in [-0.1, -0.05) is 18.9 Å². The fourth-order valence-corrected chi connectivity index (χ4v) is 4.22. The van der Waals surface area contributed by atoms with Crippen LogP contribution >= 0.6 is 0 Å². The number of hydrogen-bond donors (Lipinski definition) is 1. The van der Waals surface area contributed by atoms with E-state index in [1.54, 1.807) is 36.4 Å². The first-order chi connectivity index (χ1) is 13.5. The third kappa shape index (κ3) is 2.99. The Balaban J connectivity index is 1.89. The van der Waals surface area contributed by atoms with Gasteiger partial charge in [-0.2, -0.15) is 0 Å². The summed E-state index contributed by atoms with van der Waals surface area (Å²) in [6.07, 6.45) is 6.91. The molecule has 6 heteroatoms. The Morgan fingerprint density at radius 1 is 1.21 bits per heavy atom. The molecule has 0 radical (unpaired) electrons. The number of aryl methyl sites for hydroxylation is 1. The van der Waals surface area contributed by atoms with Crippen LogP contribution in [0.3, 0.4) is 0 Å². The van der Waals surface area contributed by atoms with Crippen molar-refractivity contribution in [3.63, 3.8) is 0 Å². The number of Topliss-reactive ketones (excluding diaryl/α,β-unsaturated/α-hetero) is 1. The van der Waals surface area contributed by atoms with Gasteiger partial charge in [-0.25, -0.2) is 4.39 Å². The van der Waals surface area contributed by atoms with Crippen molar-refractivity contribution in [2.75, 3.05) is 0 Å². The Morgan fingerprint density at radius 3 is 2.61 bits per heavy atom. The van der Waals surface area contributed by atoms with Gasteiger partial charge in [-0.05, 0) is 55.2 Å². The summed E-state index contributed by atoms with van der Waals surface area (Å²) >= 11 is 0. The molecular formula is C22H21FN2O3. The number of benzene rings is 1. The second-order valence-corrected chi connectivity index (χ2v) is 7.39. The number of ketones is 1. The fourth-order valence-electron chi connectivity index (χ4n) is 4.22. The summed E-state index contributed by atoms with van der Waals surface area (Å²) in [5.41, 5.74) is 1.38. The Kier molecular flexibility index (Phi) is 4.71. The fraction of sp³-hybridized carbons (Fsp3) is 0.318. The highest BCUT2D eigenvalue weighted by atomic mass is 19.1. The lowest BCUT2D eigenvalue weighted by molar-refractivity contribution is -0.141. The zero-order valence-electron chi connectivity index (χ0n) is 15.6. The summed E-state index contributed by atoms with van der Waals surface area (Å²) in [6.45, 7) is 1.59. The quantitative estimate of drug-likeness (QED) is 0.498. The van der Waals surface area contributed by atoms with E-state index in [4.69, 9.17) is 0 Å². The van der Waals surface area contributed by atoms with Crippen molar-refractivity contribution in [2.45, 2.75) is 44.7 Å². The molecule has 28 heavy (non-hydrogen) atoms. The molecule has 2 aromatic rings. The molecule has 1 aliphatic carbocycles. The van der Waals surface area contributed by atoms with E-state index in [1.807, 2.05) is 0 Å². The molecule has 1 saturated carbocycles. The normalized spacial score (nSPS) is 22.2. The minimum absolute atomic E-state index is 0.0379. The highest BCUT2D eigenvalue weighted by Crippen LogP contribution is 2.43. The number of aliphatic hydroxyl groups is 1. The van der Waals surface area contributed by atoms with Crippen molar-refractivity contribution in [3.05, 3.63) is 70.8 Å². The predicted octanol–water partition coefficient (Wildman–Crippen LogP) is 3.89. The number of halogens is 1. The number of rotatable bonds is 3. The Morgan fingerprint density at radius 2 is 1.96 bits per heavy atom. The van der Waals surface area contributed by atoms with E-state index >= 15 is 0 Å². The first kappa shape index (κ1) is 18.3. The van der Waals surface area contributed by atoms with Crippen molar-refractivity contribution in [1.82, 2.24) is 9.88 Å². The van der Waals surface area contributed by atoms with Gasteiger partial charge in [-0.15, -0.1) is 0 Å². The maximum Gasteiger partial charge on any atom is 0.295 e. The van der Waals surface area contributed by atoms with Crippen molar-refractivity contribution in [1.29, 1.82) is 0 Å². The van der Waals surface area contributed by atoms with E-state index in [0.29, 0.717) is 16.7 Å². The smallest absolute Gasteiger partial charge is 0.295 e. The summed E-state index contributed by atoms with van der Waals surface area (Å²) in [6, 6.07) is 6.95. The Bertz CT molecular complexity index is 965. The molecule has 1 aromatic carbocycles. The summed E-state index contributed by atoms with van der Waals surface area (Å²) in [7, 11) is 0. The lowest BCUT2D eigenvalue weighted by atomic mass is 9.95. The van der Waals surface area contributed by atoms with Crippen LogP contribution in [0.5, 0.6) is 0 Å². The highest BCUT2D eigenvalue weighted by Gasteiger charge is 2.49. The SMILES string of the molecule is Cc1cc(/C(O)=C2/C(=O)C(=O)N(C3CCCC3)C2c2cccnc2)ccc1F. The summed E-state index contributed by atoms with van der Waals surface area (Å²) in [5, 5.41) is 11.0. The maximum absolute atomic E-state index is 13.7. The maximum atomic E-state index is 13.7. The van der Waals surface area contributed by atoms with Gasteiger partial charge < -0.3 is 10.0 Å². The second-order valence-electron chi connectivity index (χ2n) is 7.39. The molecule has 1 unspecified atom stereocenters. The van der Waals surface area contributed by atoms with Crippen molar-refractivity contribution < 1.29 is 19.1 Å². The van der Waals surface area contributed by atoms with Crippen LogP contribution in [0.25, 0.3) is 5.76 Å². The van der Waals surface area contributed by atoms with Crippen molar-refractivity contribution >= 4 is 17.4 Å². The van der Waals surface area contributed by atoms with Gasteiger partial charge in [0.05, 0.1) is 11.6 Å². The molecule has 2 fully saturated rings. The largest absolute Gasteiger partial charge is 0.507 e. The van der Waals surface area contributed by atoms with E-state index < -0.39 is 23.5 Å². The van der Waals surface area contributed by atoms with E-state index in [1.165, 1.54) is 18.2 Å². The van der Waals surface area contributed by atoms with Gasteiger partial charge >= 0.3 is 0 Å². The van der Waals surface area contributed by atoms with E-state index in [-0.39, 0.29) is 17.4 Å². The Hall–Kier alpha value is -3.02. The monoisotopic (exact) mass is 380 g/mol. The van der Waals surface area contributed by atoms with Gasteiger partial charge in [-0.3, -0.25) is 14.6 Å². The van der Waals surface area contributed by atoms with E-state index in [2.05, 4.69) is 4.98 Å². The standard InChI is InChI=1S/C22H21FN2O3/c1-13-11-14(8-9-17(13)23)20(26)18-19(15-5-4-10-24-12-15)25(22(28)21(18)27)16-6-2-3-7-16/h4-5,8-12,16,19,26H,2-3,6-7H2,1H3/b20-18-. The summed E-state index contributed by atoms with van der Waals surface area (Å²) < 4.78 is 13.7. The number of likely N-dealkylation sites (tertiary alicyclic amines) is 1. The molecule has 0 spiro atoms. The topological polar surface area (TPSA) is 70.5 Å². The number of aromatic nitrogens is 1. The van der Waals surface area contributed by atoms with Gasteiger partial charge in [0.1, 0.15) is 11.6 Å². The lowest BCUT2D eigenvalue weighted by Crippen LogP contribution is -2.37. The molecule has 4 rings (SSSR count). The first-order valence-electron chi connectivity index (χ1n) is 9.45. The minimum atomic E-state index is -0.708. The molecular weight excluding hydrogens is 359 g/mol. The average molecular weight is 380 g/mol. The van der Waals surface area contributed by atoms with Crippen LogP contribution in [0.4, 0.5) is 4.39 Å². The summed E-state index contributed by atoms with van der Waals surface area (Å²) in [5.74, 6) is -1.98. The summed E-state index contributed by atoms with van der Waals surface area (Å²) in [4.78, 5) is 31.5. The molecule has 1 N–H and O–H groups in total. The number of carbonyl (C=O) groups is 2. The number of carbonyl (C=O) groups excluding carboxylic acids is 2. The number of nitrogens with zero attached hydrogens (tertiary/aromatic N) is 2. The average Bonchev–Trinajstić information content (AvgIpc) is 3.31. The van der Waals surface area contributed by atoms with Gasteiger partial charge in [0.15, 0.2) is 0 Å². The molecule has 0 bridgehead atoms. The van der Waals surface area contributed by atoms with Crippen LogP contribution in [0.1, 0.15) is 48.4 Å². The zero-order valence-corrected chi connectivity index (χ0v) is 15.6. The molecule has 1 amide bonds. The van der Waals surface area contributed by atoms with Crippen LogP contribution in [0, 0.1) is 12.7 Å². The van der Waals surface area contributed by atoms with Gasteiger partial charge in [0.2, 0.25) is 0 Å². The van der Waals surface area contributed by atoms with Crippen LogP contribution in [-0.4, -0.2) is 32.7 Å². The second kappa shape index (κ2) is 7.19. The molecule has 144 valence electrons. The van der Waals surface area contributed by atoms with Crippen molar-refractivity contribution in [2.24, 2.45) is 0 Å². The molecule has 1 aromatic heterocycles. The van der Waals surface area contributed by atoms with Crippen LogP contribution in [-0.2, 0) is 9.59 Å². The predicted molar refractivity (Wildman–Crippen MR) is 102 cm³/mol. The molecule has 2 heterocycles. The third-order valence-corrected chi connectivity index (χ3v) is 5.63. The lowest BCUT2D eigenvalue weighted by Gasteiger charge is -2.30. The van der Waals surface area contributed by atoms with Crippen LogP contribution in [0.2, 0.25) is 0 Å². The molecule has 1 atom stereocenters. The highest BCUT2D eigenvalue weighted by molar-refractivity contribution is 6.46. The van der Waals surface area contributed by atoms with Gasteiger partial charge in [0, 0.05) is 24.0 Å². The van der Waals surface area contributed by atoms with Crippen molar-refractivity contribution in [3.8, 4) is 0 Å². The number of hydrogen-bond acceptors (Lipinski definition) is 4. The molecule has 1 aliphatic heterocycles. The van der Waals surface area contributed by atoms with E-state index in [0.717, 1.165) is 25.7 Å². The number of aliphatic hydroxyl groups excluding tert-OH is 1. The minimum Gasteiger partial charge on any atom is -0.507 e. The van der Waals surface area contributed by atoms with E-state index in [9.17, 15) is 19.1 Å². The first-order valence-corrected chi connectivity index (χ1v) is 9.45. The molecule has 2 aliphatic rings. The molecule has 5 nitrogen and oxygen atoms in total. The third-order valence-electron chi connectivity index (χ3n) is 5.63. The van der Waals surface area contributed by atoms with Gasteiger partial charge in [0.25, 0.3) is 11.7 Å². The zero-order chi connectivity index (χ0) is 19.8. The molecule has 1 saturated heterocycles. The van der Waals surface area contributed by atoms with Crippen LogP contribution < -0.4 is 0 Å². The Labute approximate surface area is 162 Å². The number of amides is 1. The van der Waals surface area contributed by atoms with Crippen LogP contribution in [0.15, 0.2) is 48.3 Å².